The highest BCUT2D eigenvalue weighted by Gasteiger charge is 2.48. The molecule has 0 saturated carbocycles. The quantitative estimate of drug-likeness (QED) is 0.0276. The van der Waals surface area contributed by atoms with Gasteiger partial charge in [0.05, 0.1) is 5.60 Å². The lowest BCUT2D eigenvalue weighted by molar-refractivity contribution is 0.0487. The van der Waals surface area contributed by atoms with Gasteiger partial charge in [-0.3, -0.25) is 38.4 Å². The van der Waals surface area contributed by atoms with Crippen molar-refractivity contribution in [3.8, 4) is 11.5 Å². The number of fused-ring (bicyclic) bond motifs is 2. The van der Waals surface area contributed by atoms with E-state index in [0.717, 1.165) is 46.2 Å². The van der Waals surface area contributed by atoms with Gasteiger partial charge in [0.15, 0.2) is 46.3 Å². The highest BCUT2D eigenvalue weighted by atomic mass is 16.5. The molecule has 125 heavy (non-hydrogen) atoms. The van der Waals surface area contributed by atoms with Gasteiger partial charge in [0, 0.05) is 67.2 Å². The van der Waals surface area contributed by atoms with E-state index in [1.165, 1.54) is 125 Å². The number of ketones is 8. The molecule has 2 unspecified atom stereocenters. The number of hydrogen-bond acceptors (Lipinski definition) is 17. The van der Waals surface area contributed by atoms with Crippen LogP contribution in [-0.2, 0) is 39.9 Å². The summed E-state index contributed by atoms with van der Waals surface area (Å²) >= 11 is 0. The molecule has 9 aromatic rings. The monoisotopic (exact) mass is 1700 g/mol. The van der Waals surface area contributed by atoms with Crippen LogP contribution in [0.4, 0.5) is 0 Å². The first-order valence-electron chi connectivity index (χ1n) is 42.6. The molecule has 17 heteroatoms. The Bertz CT molecular complexity index is 5090. The van der Waals surface area contributed by atoms with Crippen molar-refractivity contribution in [1.82, 2.24) is 0 Å². The first kappa shape index (κ1) is 102. The number of Topliss-reactive ketones (excluding diaryl/α,β-unsaturated/α-hetero) is 8. The van der Waals surface area contributed by atoms with Crippen LogP contribution in [0, 0.1) is 5.41 Å². The standard InChI is InChI=1S/C26H32O4.C26H34O3.C21H24O4.C20H22O5.C15H22O/c1-23(2)15-26(7,18-11-8-16(9-12-18)21(27)24(3,4)29)20-14-17(10-13-19(20)23)22(28)25(5,6)30;1-23(2)16-26(7,19-11-9-18(10-12-19)22(27)25(5,6)29)20-13-8-17(14-21(20)23)15-24(3,4)28;1-20(2,24)18(22)16-9-5-14(6-10-16)13-15-7-11-17(12-8-15)19(23)21(3,4)25;1-19(2,23)17(21)13-5-9-15(10-6-13)25-16-11-7-14(8-12-16)18(22)20(3,4)24;1-14(2,3)12-9-7-11(8-10-12)13(16)15(4,5)6/h8-14,29-30H,15H2,1-7H3;8-14,28-29H,15-16H2,1-7H3;5-12,24-25H,13H2,1-4H3;5-12,23-24H,1-4H3;7-10H,1-6H3. The lowest BCUT2D eigenvalue weighted by atomic mass is 9.74. The van der Waals surface area contributed by atoms with Crippen molar-refractivity contribution in [3.05, 3.63) is 306 Å². The van der Waals surface area contributed by atoms with E-state index in [0.29, 0.717) is 63.3 Å². The summed E-state index contributed by atoms with van der Waals surface area (Å²) in [7, 11) is 0. The summed E-state index contributed by atoms with van der Waals surface area (Å²) in [5.41, 5.74) is 4.34. The average molecular weight is 1700 g/mol. The summed E-state index contributed by atoms with van der Waals surface area (Å²) in [6, 6.07) is 62.5. The van der Waals surface area contributed by atoms with Gasteiger partial charge in [-0.1, -0.05) is 235 Å². The van der Waals surface area contributed by atoms with Crippen LogP contribution in [0.25, 0.3) is 0 Å². The summed E-state index contributed by atoms with van der Waals surface area (Å²) in [6.45, 7) is 50.1. The number of ether oxygens (including phenoxy) is 1. The molecule has 2 aliphatic rings. The Morgan fingerprint density at radius 3 is 0.816 bits per heavy atom. The fraction of sp³-hybridized carbons (Fsp3) is 0.426. The van der Waals surface area contributed by atoms with Crippen molar-refractivity contribution in [2.75, 3.05) is 0 Å². The molecule has 2 atom stereocenters. The number of rotatable bonds is 23. The van der Waals surface area contributed by atoms with Gasteiger partial charge >= 0.3 is 0 Å². The third-order valence-corrected chi connectivity index (χ3v) is 22.7. The molecule has 0 spiro atoms. The van der Waals surface area contributed by atoms with Crippen LogP contribution in [0.2, 0.25) is 0 Å². The van der Waals surface area contributed by atoms with Crippen LogP contribution in [0.1, 0.15) is 345 Å². The largest absolute Gasteiger partial charge is 0.457 e. The summed E-state index contributed by atoms with van der Waals surface area (Å²) < 4.78 is 5.67. The maximum atomic E-state index is 12.7. The second kappa shape index (κ2) is 37.4. The molecular formula is C108H134O17. The van der Waals surface area contributed by atoms with Crippen LogP contribution in [0.3, 0.4) is 0 Å². The average Bonchev–Trinajstić information content (AvgIpc) is 1.58. The zero-order chi connectivity index (χ0) is 94.7. The molecular weight excluding hydrogens is 1570 g/mol. The van der Waals surface area contributed by atoms with Crippen LogP contribution < -0.4 is 4.74 Å². The van der Waals surface area contributed by atoms with Crippen molar-refractivity contribution in [2.45, 2.75) is 291 Å². The molecule has 11 rings (SSSR count). The molecule has 8 N–H and O–H groups in total. The van der Waals surface area contributed by atoms with E-state index in [9.17, 15) is 79.2 Å². The van der Waals surface area contributed by atoms with Crippen LogP contribution >= 0.6 is 0 Å². The molecule has 0 radical (unpaired) electrons. The molecule has 0 bridgehead atoms. The van der Waals surface area contributed by atoms with E-state index in [4.69, 9.17) is 4.74 Å². The minimum absolute atomic E-state index is 0.0152. The fourth-order valence-electron chi connectivity index (χ4n) is 15.9. The summed E-state index contributed by atoms with van der Waals surface area (Å²) in [4.78, 5) is 97.4. The van der Waals surface area contributed by atoms with Gasteiger partial charge in [-0.05, 0) is 257 Å². The number of hydrogen-bond donors (Lipinski definition) is 8. The number of carbonyl (C=O) groups is 8. The van der Waals surface area contributed by atoms with Gasteiger partial charge in [0.25, 0.3) is 0 Å². The predicted octanol–water partition coefficient (Wildman–Crippen LogP) is 20.3. The summed E-state index contributed by atoms with van der Waals surface area (Å²) in [5, 5.41) is 79.5. The normalized spacial score (nSPS) is 16.3. The molecule has 0 fully saturated rings. The van der Waals surface area contributed by atoms with Crippen molar-refractivity contribution in [3.63, 3.8) is 0 Å². The molecule has 17 nitrogen and oxygen atoms in total. The Kier molecular flexibility index (Phi) is 30.5. The molecule has 0 aliphatic heterocycles. The first-order valence-corrected chi connectivity index (χ1v) is 42.6. The molecule has 2 aliphatic carbocycles. The van der Waals surface area contributed by atoms with Crippen molar-refractivity contribution in [1.29, 1.82) is 0 Å². The van der Waals surface area contributed by atoms with Gasteiger partial charge in [-0.25, -0.2) is 0 Å². The van der Waals surface area contributed by atoms with E-state index in [2.05, 4.69) is 92.6 Å². The number of aliphatic hydroxyl groups is 8. The Balaban J connectivity index is 0.000000217. The Hall–Kier alpha value is -10.2. The number of carbonyl (C=O) groups excluding carboxylic acids is 8. The zero-order valence-corrected chi connectivity index (χ0v) is 78.7. The molecule has 0 amide bonds. The smallest absolute Gasteiger partial charge is 0.193 e. The Labute approximate surface area is 740 Å². The SMILES string of the molecule is CC(C)(C)C(=O)c1ccc(C(C)(C)C)cc1.CC(C)(O)C(=O)c1ccc(C2(C)CC(C)(C)c3ccc(C(=O)C(C)(C)O)cc32)cc1.CC(C)(O)C(=O)c1ccc(Cc2ccc(C(=O)C(C)(C)O)cc2)cc1.CC(C)(O)C(=O)c1ccc(Oc2ccc(C(=O)C(C)(C)O)cc2)cc1.CC(C)(O)Cc1ccc2c(c1)C(C)(C)CC2(C)c1ccc(C(=O)C(C)(C)O)cc1. The first-order chi connectivity index (χ1) is 56.8. The zero-order valence-electron chi connectivity index (χ0n) is 78.7. The van der Waals surface area contributed by atoms with Crippen LogP contribution in [0.5, 0.6) is 11.5 Å². The van der Waals surface area contributed by atoms with E-state index in [1.807, 2.05) is 120 Å². The molecule has 0 aromatic heterocycles. The third-order valence-electron chi connectivity index (χ3n) is 22.7. The molecule has 0 saturated heterocycles. The predicted molar refractivity (Wildman–Crippen MR) is 496 cm³/mol. The van der Waals surface area contributed by atoms with Crippen LogP contribution in [0.15, 0.2) is 206 Å². The lowest BCUT2D eigenvalue weighted by Gasteiger charge is -2.29. The molecule has 0 heterocycles. The highest BCUT2D eigenvalue weighted by Crippen LogP contribution is 2.55. The second-order valence-electron chi connectivity index (χ2n) is 41.9. The van der Waals surface area contributed by atoms with Crippen molar-refractivity contribution in [2.24, 2.45) is 5.41 Å². The third kappa shape index (κ3) is 26.3. The van der Waals surface area contributed by atoms with Crippen molar-refractivity contribution >= 4 is 46.3 Å². The molecule has 668 valence electrons. The maximum Gasteiger partial charge on any atom is 0.193 e. The van der Waals surface area contributed by atoms with Gasteiger partial charge in [0.2, 0.25) is 0 Å². The van der Waals surface area contributed by atoms with Gasteiger partial charge in [-0.15, -0.1) is 0 Å². The summed E-state index contributed by atoms with van der Waals surface area (Å²) in [5.74, 6) is -0.995. The van der Waals surface area contributed by atoms with Gasteiger partial charge < -0.3 is 45.6 Å². The number of benzene rings is 9. The van der Waals surface area contributed by atoms with Gasteiger partial charge in [0.1, 0.15) is 50.7 Å². The van der Waals surface area contributed by atoms with E-state index >= 15 is 0 Å². The minimum atomic E-state index is -1.43. The molecule has 9 aromatic carbocycles. The Morgan fingerprint density at radius 1 is 0.272 bits per heavy atom. The van der Waals surface area contributed by atoms with Gasteiger partial charge in [-0.2, -0.15) is 0 Å². The Morgan fingerprint density at radius 2 is 0.520 bits per heavy atom. The van der Waals surface area contributed by atoms with E-state index in [1.54, 1.807) is 91.0 Å². The second-order valence-corrected chi connectivity index (χ2v) is 41.9. The topological polar surface area (TPSA) is 308 Å². The summed E-state index contributed by atoms with van der Waals surface area (Å²) in [6.07, 6.45) is 3.11. The maximum absolute atomic E-state index is 12.7. The van der Waals surface area contributed by atoms with Crippen LogP contribution in [-0.4, -0.2) is 132 Å². The minimum Gasteiger partial charge on any atom is -0.457 e. The highest BCUT2D eigenvalue weighted by molar-refractivity contribution is 6.06. The fourth-order valence-corrected chi connectivity index (χ4v) is 15.9. The van der Waals surface area contributed by atoms with E-state index < -0.39 is 44.8 Å². The lowest BCUT2D eigenvalue weighted by Crippen LogP contribution is -2.31. The van der Waals surface area contributed by atoms with E-state index in [-0.39, 0.29) is 78.8 Å². The van der Waals surface area contributed by atoms with Crippen molar-refractivity contribution < 1.29 is 83.9 Å².